The third kappa shape index (κ3) is 2.35. The second-order valence-corrected chi connectivity index (χ2v) is 7.47. The Balaban J connectivity index is 2.11. The maximum Gasteiger partial charge on any atom is 0.331 e. The van der Waals surface area contributed by atoms with Gasteiger partial charge in [0.05, 0.1) is 17.4 Å². The van der Waals surface area contributed by atoms with Gasteiger partial charge in [-0.25, -0.2) is 4.39 Å². The van der Waals surface area contributed by atoms with Crippen molar-refractivity contribution in [3.05, 3.63) is 0 Å². The smallest absolute Gasteiger partial charge is 0.331 e. The van der Waals surface area contributed by atoms with Gasteiger partial charge in [0.1, 0.15) is 12.3 Å². The van der Waals surface area contributed by atoms with Gasteiger partial charge in [0.15, 0.2) is 0 Å². The highest BCUT2D eigenvalue weighted by Gasteiger charge is 2.60. The summed E-state index contributed by atoms with van der Waals surface area (Å²) in [6.45, 7) is 0. The number of alkyl halides is 1. The monoisotopic (exact) mass is 284 g/mol. The molecule has 2 aliphatic rings. The Bertz CT molecular complexity index is 367. The van der Waals surface area contributed by atoms with Crippen molar-refractivity contribution in [3.63, 3.8) is 0 Å². The van der Waals surface area contributed by atoms with Crippen LogP contribution in [0, 0.1) is 5.92 Å². The Morgan fingerprint density at radius 1 is 1.17 bits per heavy atom. The number of halogens is 1. The highest BCUT2D eigenvalue weighted by molar-refractivity contribution is 7.54. The molecule has 0 radical (unpaired) electrons. The van der Waals surface area contributed by atoms with E-state index in [1.165, 1.54) is 0 Å². The van der Waals surface area contributed by atoms with Crippen molar-refractivity contribution in [2.75, 3.05) is 0 Å². The lowest BCUT2D eigenvalue weighted by Crippen LogP contribution is -2.52. The van der Waals surface area contributed by atoms with E-state index in [2.05, 4.69) is 0 Å². The van der Waals surface area contributed by atoms with Crippen LogP contribution >= 0.6 is 7.60 Å². The molecule has 0 aromatic heterocycles. The lowest BCUT2D eigenvalue weighted by atomic mass is 9.78. The normalized spacial score (nSPS) is 43.8. The fraction of sp³-hybridized carbons (Fsp3) is 1.00. The van der Waals surface area contributed by atoms with Crippen LogP contribution < -0.4 is 0 Å². The second kappa shape index (κ2) is 4.51. The van der Waals surface area contributed by atoms with Crippen molar-refractivity contribution >= 4 is 7.60 Å². The number of rotatable bonds is 3. The molecule has 2 rings (SSSR count). The topological polar surface area (TPSA) is 118 Å². The maximum absolute atomic E-state index is 13.8. The molecule has 0 saturated heterocycles. The van der Waals surface area contributed by atoms with Crippen LogP contribution in [-0.2, 0) is 4.57 Å². The summed E-state index contributed by atoms with van der Waals surface area (Å²) >= 11 is 0. The van der Waals surface area contributed by atoms with Gasteiger partial charge in [0.2, 0.25) is 0 Å². The van der Waals surface area contributed by atoms with E-state index < -0.39 is 43.2 Å². The quantitative estimate of drug-likeness (QED) is 0.447. The number of aliphatic hydroxyl groups is 3. The lowest BCUT2D eigenvalue weighted by molar-refractivity contribution is -0.136. The van der Waals surface area contributed by atoms with E-state index in [1.807, 2.05) is 0 Å². The Hall–Kier alpha value is -0.0400. The predicted molar refractivity (Wildman–Crippen MR) is 59.6 cm³/mol. The third-order valence-corrected chi connectivity index (χ3v) is 6.04. The summed E-state index contributed by atoms with van der Waals surface area (Å²) in [6.07, 6.45) is -5.75. The molecule has 2 saturated carbocycles. The Morgan fingerprint density at radius 2 is 1.72 bits per heavy atom. The van der Waals surface area contributed by atoms with Gasteiger partial charge in [-0.05, 0) is 19.3 Å². The molecule has 0 aromatic carbocycles. The third-order valence-electron chi connectivity index (χ3n) is 4.17. The molecular weight excluding hydrogens is 266 g/mol. The molecule has 2 aliphatic carbocycles. The first-order valence-electron chi connectivity index (χ1n) is 5.92. The molecule has 0 amide bonds. The zero-order valence-electron chi connectivity index (χ0n) is 9.68. The molecule has 8 heteroatoms. The molecule has 5 atom stereocenters. The number of aliphatic hydroxyl groups excluding tert-OH is 3. The molecule has 0 heterocycles. The molecule has 0 aliphatic heterocycles. The fourth-order valence-corrected chi connectivity index (χ4v) is 3.83. The molecule has 1 unspecified atom stereocenters. The van der Waals surface area contributed by atoms with E-state index in [9.17, 15) is 34.1 Å². The molecule has 106 valence electrons. The van der Waals surface area contributed by atoms with E-state index in [-0.39, 0.29) is 12.8 Å². The van der Waals surface area contributed by atoms with Gasteiger partial charge < -0.3 is 25.1 Å². The van der Waals surface area contributed by atoms with Crippen molar-refractivity contribution in [2.45, 2.75) is 55.3 Å². The second-order valence-electron chi connectivity index (χ2n) is 5.44. The van der Waals surface area contributed by atoms with Gasteiger partial charge in [-0.2, -0.15) is 0 Å². The van der Waals surface area contributed by atoms with Crippen molar-refractivity contribution in [3.8, 4) is 0 Å². The van der Waals surface area contributed by atoms with E-state index in [0.717, 1.165) is 0 Å². The standard InChI is InChI=1S/C10H18FO6P/c11-6-3-7(12)9(14)8(13)5(6)4-10(1-2-10)18(15,16)17/h5-9,12-14H,1-4H2,(H2,15,16,17)/t5-,6?,7+,8+,9+/m0/s1. The molecule has 0 spiro atoms. The van der Waals surface area contributed by atoms with Gasteiger partial charge in [0.25, 0.3) is 0 Å². The first kappa shape index (κ1) is 14.4. The van der Waals surface area contributed by atoms with Crippen LogP contribution in [0.15, 0.2) is 0 Å². The minimum Gasteiger partial charge on any atom is -0.390 e. The zero-order valence-corrected chi connectivity index (χ0v) is 10.6. The van der Waals surface area contributed by atoms with Crippen molar-refractivity contribution in [1.82, 2.24) is 0 Å². The summed E-state index contributed by atoms with van der Waals surface area (Å²) in [7, 11) is -4.33. The maximum atomic E-state index is 13.8. The fourth-order valence-electron chi connectivity index (χ4n) is 2.69. The molecule has 2 fully saturated rings. The van der Waals surface area contributed by atoms with E-state index in [4.69, 9.17) is 0 Å². The SMILES string of the molecule is O=P(O)(O)C1(C[C@H]2C(F)C[C@@H](O)[C@@H](O)[C@@H]2O)CC1. The first-order valence-corrected chi connectivity index (χ1v) is 7.53. The average molecular weight is 284 g/mol. The molecule has 18 heavy (non-hydrogen) atoms. The van der Waals surface area contributed by atoms with Gasteiger partial charge in [0, 0.05) is 12.3 Å². The Labute approximate surface area is 104 Å². The summed E-state index contributed by atoms with van der Waals surface area (Å²) in [5, 5.41) is 27.3. The Morgan fingerprint density at radius 3 is 2.17 bits per heavy atom. The average Bonchev–Trinajstić information content (AvgIpc) is 3.01. The number of hydrogen-bond acceptors (Lipinski definition) is 4. The zero-order chi connectivity index (χ0) is 13.7. The lowest BCUT2D eigenvalue weighted by Gasteiger charge is -2.39. The molecule has 6 nitrogen and oxygen atoms in total. The summed E-state index contributed by atoms with van der Waals surface area (Å²) < 4.78 is 25.1. The summed E-state index contributed by atoms with van der Waals surface area (Å²) in [5.41, 5.74) is 0. The number of hydrogen-bond donors (Lipinski definition) is 5. The van der Waals surface area contributed by atoms with Crippen LogP contribution in [-0.4, -0.2) is 54.7 Å². The molecule has 5 N–H and O–H groups in total. The molecular formula is C10H18FO6P. The Kier molecular flexibility index (Phi) is 3.60. The highest BCUT2D eigenvalue weighted by atomic mass is 31.2. The van der Waals surface area contributed by atoms with Gasteiger partial charge in [-0.3, -0.25) is 4.57 Å². The van der Waals surface area contributed by atoms with E-state index in [0.29, 0.717) is 12.8 Å². The largest absolute Gasteiger partial charge is 0.390 e. The summed E-state index contributed by atoms with van der Waals surface area (Å²) in [5.74, 6) is -1.04. The van der Waals surface area contributed by atoms with Gasteiger partial charge >= 0.3 is 7.60 Å². The van der Waals surface area contributed by atoms with E-state index >= 15 is 0 Å². The highest BCUT2D eigenvalue weighted by Crippen LogP contribution is 2.68. The minimum atomic E-state index is -4.33. The van der Waals surface area contributed by atoms with Crippen LogP contribution in [0.1, 0.15) is 25.7 Å². The first-order chi connectivity index (χ1) is 8.18. The van der Waals surface area contributed by atoms with Crippen molar-refractivity contribution < 1.29 is 34.1 Å². The van der Waals surface area contributed by atoms with Gasteiger partial charge in [-0.1, -0.05) is 0 Å². The van der Waals surface area contributed by atoms with Crippen molar-refractivity contribution in [1.29, 1.82) is 0 Å². The van der Waals surface area contributed by atoms with Crippen LogP contribution in [0.5, 0.6) is 0 Å². The minimum absolute atomic E-state index is 0.163. The van der Waals surface area contributed by atoms with Crippen LogP contribution in [0.2, 0.25) is 0 Å². The van der Waals surface area contributed by atoms with Crippen LogP contribution in [0.25, 0.3) is 0 Å². The van der Waals surface area contributed by atoms with Crippen LogP contribution in [0.3, 0.4) is 0 Å². The molecule has 0 bridgehead atoms. The summed E-state index contributed by atoms with van der Waals surface area (Å²) in [4.78, 5) is 18.4. The predicted octanol–water partition coefficient (Wildman–Crippen LogP) is -0.473. The van der Waals surface area contributed by atoms with Crippen LogP contribution in [0.4, 0.5) is 4.39 Å². The van der Waals surface area contributed by atoms with E-state index in [1.54, 1.807) is 0 Å². The van der Waals surface area contributed by atoms with Gasteiger partial charge in [-0.15, -0.1) is 0 Å². The molecule has 0 aromatic rings. The van der Waals surface area contributed by atoms with Crippen molar-refractivity contribution in [2.24, 2.45) is 5.92 Å². The summed E-state index contributed by atoms with van der Waals surface area (Å²) in [6, 6.07) is 0.